The zero-order valence-corrected chi connectivity index (χ0v) is 12.5. The van der Waals surface area contributed by atoms with Crippen molar-refractivity contribution in [3.63, 3.8) is 0 Å². The van der Waals surface area contributed by atoms with E-state index in [0.717, 1.165) is 29.5 Å². The molecule has 0 aliphatic rings. The lowest BCUT2D eigenvalue weighted by molar-refractivity contribution is 0.311. The van der Waals surface area contributed by atoms with Gasteiger partial charge in [0.05, 0.1) is 6.61 Å². The molecule has 0 saturated heterocycles. The third-order valence-corrected chi connectivity index (χ3v) is 3.64. The van der Waals surface area contributed by atoms with Crippen LogP contribution in [0.25, 0.3) is 11.0 Å². The molecule has 0 N–H and O–H groups in total. The summed E-state index contributed by atoms with van der Waals surface area (Å²) in [7, 11) is 0. The van der Waals surface area contributed by atoms with Crippen LogP contribution in [-0.4, -0.2) is 6.61 Å². The molecule has 0 fully saturated rings. The van der Waals surface area contributed by atoms with Gasteiger partial charge in [-0.05, 0) is 43.0 Å². The third-order valence-electron chi connectivity index (χ3n) is 3.64. The summed E-state index contributed by atoms with van der Waals surface area (Å²) in [6.45, 7) is 2.54. The molecule has 22 heavy (non-hydrogen) atoms. The van der Waals surface area contributed by atoms with Crippen LogP contribution in [0.5, 0.6) is 5.75 Å². The predicted molar refractivity (Wildman–Crippen MR) is 87.5 cm³/mol. The highest BCUT2D eigenvalue weighted by Gasteiger charge is 2.04. The Balaban J connectivity index is 1.63. The van der Waals surface area contributed by atoms with Crippen LogP contribution in [0.2, 0.25) is 0 Å². The maximum Gasteiger partial charge on any atom is 0.336 e. The van der Waals surface area contributed by atoms with Crippen LogP contribution in [-0.2, 0) is 6.42 Å². The van der Waals surface area contributed by atoms with Gasteiger partial charge in [0.15, 0.2) is 0 Å². The summed E-state index contributed by atoms with van der Waals surface area (Å²) in [6, 6.07) is 17.5. The molecule has 0 radical (unpaired) electrons. The van der Waals surface area contributed by atoms with E-state index in [4.69, 9.17) is 9.15 Å². The predicted octanol–water partition coefficient (Wildman–Crippen LogP) is 4.11. The molecular weight excluding hydrogens is 276 g/mol. The molecule has 3 aromatic rings. The van der Waals surface area contributed by atoms with E-state index in [1.54, 1.807) is 6.07 Å². The first-order valence-electron chi connectivity index (χ1n) is 7.43. The molecule has 3 rings (SSSR count). The van der Waals surface area contributed by atoms with E-state index in [1.807, 2.05) is 37.3 Å². The summed E-state index contributed by atoms with van der Waals surface area (Å²) in [5.74, 6) is 0.731. The lowest BCUT2D eigenvalue weighted by Crippen LogP contribution is -2.01. The minimum Gasteiger partial charge on any atom is -0.493 e. The molecule has 0 aliphatic carbocycles. The zero-order valence-electron chi connectivity index (χ0n) is 12.5. The van der Waals surface area contributed by atoms with Gasteiger partial charge in [0.2, 0.25) is 0 Å². The Morgan fingerprint density at radius 1 is 1.05 bits per heavy atom. The van der Waals surface area contributed by atoms with Crippen LogP contribution < -0.4 is 10.4 Å². The highest BCUT2D eigenvalue weighted by atomic mass is 16.5. The number of rotatable bonds is 5. The van der Waals surface area contributed by atoms with E-state index in [2.05, 4.69) is 12.1 Å². The van der Waals surface area contributed by atoms with Gasteiger partial charge in [0.25, 0.3) is 0 Å². The van der Waals surface area contributed by atoms with Crippen molar-refractivity contribution in [3.8, 4) is 5.75 Å². The zero-order chi connectivity index (χ0) is 15.4. The lowest BCUT2D eigenvalue weighted by atomic mass is 10.1. The fraction of sp³-hybridized carbons (Fsp3) is 0.211. The average molecular weight is 294 g/mol. The Hall–Kier alpha value is -2.55. The second kappa shape index (κ2) is 6.48. The Morgan fingerprint density at radius 2 is 1.86 bits per heavy atom. The Bertz CT molecular complexity index is 819. The molecule has 0 bridgehead atoms. The molecule has 0 aliphatic heterocycles. The summed E-state index contributed by atoms with van der Waals surface area (Å²) >= 11 is 0. The van der Waals surface area contributed by atoms with Gasteiger partial charge in [-0.3, -0.25) is 0 Å². The smallest absolute Gasteiger partial charge is 0.336 e. The van der Waals surface area contributed by atoms with Crippen molar-refractivity contribution in [2.75, 3.05) is 6.61 Å². The van der Waals surface area contributed by atoms with E-state index in [-0.39, 0.29) is 5.63 Å². The first kappa shape index (κ1) is 14.4. The van der Waals surface area contributed by atoms with Crippen LogP contribution in [0.3, 0.4) is 0 Å². The van der Waals surface area contributed by atoms with Gasteiger partial charge in [-0.15, -0.1) is 0 Å². The van der Waals surface area contributed by atoms with Crippen molar-refractivity contribution >= 4 is 11.0 Å². The molecule has 1 heterocycles. The van der Waals surface area contributed by atoms with E-state index in [1.165, 1.54) is 11.6 Å². The summed E-state index contributed by atoms with van der Waals surface area (Å²) in [5.41, 5.74) is 2.48. The van der Waals surface area contributed by atoms with E-state index < -0.39 is 0 Å². The number of aryl methyl sites for hydroxylation is 2. The van der Waals surface area contributed by atoms with Crippen LogP contribution in [0.15, 0.2) is 63.8 Å². The monoisotopic (exact) mass is 294 g/mol. The standard InChI is InChI=1S/C19H18O3/c1-14-12-19(20)22-18-13-16(9-10-17(14)18)21-11-5-8-15-6-3-2-4-7-15/h2-4,6-7,9-10,12-13H,5,8,11H2,1H3. The second-order valence-corrected chi connectivity index (χ2v) is 5.34. The average Bonchev–Trinajstić information content (AvgIpc) is 2.52. The molecular formula is C19H18O3. The quantitative estimate of drug-likeness (QED) is 0.525. The molecule has 2 aromatic carbocycles. The van der Waals surface area contributed by atoms with Crippen molar-refractivity contribution in [1.82, 2.24) is 0 Å². The largest absolute Gasteiger partial charge is 0.493 e. The first-order valence-corrected chi connectivity index (χ1v) is 7.43. The fourth-order valence-electron chi connectivity index (χ4n) is 2.51. The minimum absolute atomic E-state index is 0.328. The van der Waals surface area contributed by atoms with Gasteiger partial charge >= 0.3 is 5.63 Å². The van der Waals surface area contributed by atoms with Crippen molar-refractivity contribution in [2.45, 2.75) is 19.8 Å². The molecule has 3 nitrogen and oxygen atoms in total. The highest BCUT2D eigenvalue weighted by molar-refractivity contribution is 5.81. The van der Waals surface area contributed by atoms with Crippen molar-refractivity contribution in [3.05, 3.63) is 76.1 Å². The number of hydrogen-bond acceptors (Lipinski definition) is 3. The summed E-state index contributed by atoms with van der Waals surface area (Å²) in [5, 5.41) is 0.941. The number of hydrogen-bond donors (Lipinski definition) is 0. The van der Waals surface area contributed by atoms with Crippen LogP contribution >= 0.6 is 0 Å². The molecule has 0 atom stereocenters. The molecule has 112 valence electrons. The minimum atomic E-state index is -0.328. The molecule has 0 unspecified atom stereocenters. The topological polar surface area (TPSA) is 39.4 Å². The van der Waals surface area contributed by atoms with Gasteiger partial charge < -0.3 is 9.15 Å². The Labute approximate surface area is 129 Å². The maximum atomic E-state index is 11.4. The van der Waals surface area contributed by atoms with Crippen LogP contribution in [0.1, 0.15) is 17.5 Å². The maximum absolute atomic E-state index is 11.4. The van der Waals surface area contributed by atoms with E-state index in [9.17, 15) is 4.79 Å². The van der Waals surface area contributed by atoms with Gasteiger partial charge in [0, 0.05) is 17.5 Å². The molecule has 0 spiro atoms. The summed E-state index contributed by atoms with van der Waals surface area (Å²) in [6.07, 6.45) is 1.93. The van der Waals surface area contributed by atoms with Crippen LogP contribution in [0.4, 0.5) is 0 Å². The second-order valence-electron chi connectivity index (χ2n) is 5.34. The molecule has 0 amide bonds. The van der Waals surface area contributed by atoms with E-state index in [0.29, 0.717) is 12.2 Å². The van der Waals surface area contributed by atoms with Crippen molar-refractivity contribution in [2.24, 2.45) is 0 Å². The van der Waals surface area contributed by atoms with Gasteiger partial charge in [-0.1, -0.05) is 30.3 Å². The molecule has 0 saturated carbocycles. The molecule has 1 aromatic heterocycles. The Morgan fingerprint density at radius 3 is 2.68 bits per heavy atom. The normalized spacial score (nSPS) is 10.8. The number of benzene rings is 2. The lowest BCUT2D eigenvalue weighted by Gasteiger charge is -2.07. The summed E-state index contributed by atoms with van der Waals surface area (Å²) in [4.78, 5) is 11.4. The van der Waals surface area contributed by atoms with Gasteiger partial charge in [-0.25, -0.2) is 4.79 Å². The summed E-state index contributed by atoms with van der Waals surface area (Å²) < 4.78 is 11.0. The first-order chi connectivity index (χ1) is 10.7. The van der Waals surface area contributed by atoms with E-state index >= 15 is 0 Å². The SMILES string of the molecule is Cc1cc(=O)oc2cc(OCCCc3ccccc3)ccc12. The van der Waals surface area contributed by atoms with Crippen molar-refractivity contribution < 1.29 is 9.15 Å². The number of fused-ring (bicyclic) bond motifs is 1. The third kappa shape index (κ3) is 3.37. The number of ether oxygens (including phenoxy) is 1. The fourth-order valence-corrected chi connectivity index (χ4v) is 2.51. The van der Waals surface area contributed by atoms with Crippen LogP contribution in [0, 0.1) is 6.92 Å². The highest BCUT2D eigenvalue weighted by Crippen LogP contribution is 2.22. The Kier molecular flexibility index (Phi) is 4.24. The van der Waals surface area contributed by atoms with Crippen molar-refractivity contribution in [1.29, 1.82) is 0 Å². The van der Waals surface area contributed by atoms with Gasteiger partial charge in [0.1, 0.15) is 11.3 Å². The van der Waals surface area contributed by atoms with Gasteiger partial charge in [-0.2, -0.15) is 0 Å². The molecule has 3 heteroatoms.